The molecule has 2 fully saturated rings. The number of hydrogen-bond acceptors (Lipinski definition) is 3. The van der Waals surface area contributed by atoms with Gasteiger partial charge in [-0.15, -0.1) is 0 Å². The van der Waals surface area contributed by atoms with Crippen molar-refractivity contribution in [2.75, 3.05) is 4.90 Å². The lowest BCUT2D eigenvalue weighted by atomic mass is 9.71. The zero-order chi connectivity index (χ0) is 24.4. The minimum Gasteiger partial charge on any atom is -0.369 e. The molecule has 2 heterocycles. The molecule has 0 bridgehead atoms. The predicted octanol–water partition coefficient (Wildman–Crippen LogP) is 4.70. The molecule has 6 rings (SSSR count). The molecule has 1 aliphatic heterocycles. The molecule has 2 N–H and O–H groups in total. The van der Waals surface area contributed by atoms with Gasteiger partial charge in [0.25, 0.3) is 0 Å². The van der Waals surface area contributed by atoms with Crippen LogP contribution in [-0.2, 0) is 15.1 Å². The highest BCUT2D eigenvalue weighted by molar-refractivity contribution is 6.01. The fourth-order valence-corrected chi connectivity index (χ4v) is 5.98. The average Bonchev–Trinajstić information content (AvgIpc) is 3.49. The first kappa shape index (κ1) is 21.5. The molecule has 2 amide bonds. The second-order valence-corrected chi connectivity index (χ2v) is 9.80. The SMILES string of the molecule is CC1(c2ccccc2)C(C2(C(N)=O)CC2)CC(=O)N1c1ccc2c(cnn2-c2ccc(F)cc2)c1. The molecule has 7 heteroatoms. The number of halogens is 1. The molecule has 2 atom stereocenters. The number of amides is 2. The monoisotopic (exact) mass is 468 g/mol. The van der Waals surface area contributed by atoms with Gasteiger partial charge in [0.2, 0.25) is 11.8 Å². The summed E-state index contributed by atoms with van der Waals surface area (Å²) < 4.78 is 15.1. The van der Waals surface area contributed by atoms with Crippen LogP contribution in [0.5, 0.6) is 0 Å². The Bertz CT molecular complexity index is 1460. The van der Waals surface area contributed by atoms with Crippen molar-refractivity contribution in [2.24, 2.45) is 17.1 Å². The Hall–Kier alpha value is -4.00. The number of carbonyl (C=O) groups excluding carboxylic acids is 2. The molecule has 1 aromatic heterocycles. The molecular weight excluding hydrogens is 443 g/mol. The summed E-state index contributed by atoms with van der Waals surface area (Å²) in [5, 5.41) is 5.35. The smallest absolute Gasteiger partial charge is 0.228 e. The number of anilines is 1. The van der Waals surface area contributed by atoms with Gasteiger partial charge in [0.15, 0.2) is 0 Å². The molecule has 1 saturated carbocycles. The van der Waals surface area contributed by atoms with E-state index in [0.29, 0.717) is 12.8 Å². The van der Waals surface area contributed by atoms with Crippen LogP contribution in [0.1, 0.15) is 31.7 Å². The molecule has 0 spiro atoms. The third-order valence-electron chi connectivity index (χ3n) is 7.96. The van der Waals surface area contributed by atoms with E-state index in [1.807, 2.05) is 60.4 Å². The summed E-state index contributed by atoms with van der Waals surface area (Å²) in [4.78, 5) is 28.0. The number of rotatable bonds is 5. The number of aromatic nitrogens is 2. The molecule has 2 unspecified atom stereocenters. The van der Waals surface area contributed by atoms with Gasteiger partial charge >= 0.3 is 0 Å². The lowest BCUT2D eigenvalue weighted by Gasteiger charge is -2.42. The molecule has 2 aliphatic rings. The van der Waals surface area contributed by atoms with Crippen molar-refractivity contribution in [3.63, 3.8) is 0 Å². The summed E-state index contributed by atoms with van der Waals surface area (Å²) in [6.07, 6.45) is 3.42. The van der Waals surface area contributed by atoms with Gasteiger partial charge in [-0.25, -0.2) is 9.07 Å². The molecule has 3 aromatic carbocycles. The van der Waals surface area contributed by atoms with Crippen LogP contribution in [0.3, 0.4) is 0 Å². The van der Waals surface area contributed by atoms with Crippen LogP contribution in [0.15, 0.2) is 79.0 Å². The molecule has 1 saturated heterocycles. The van der Waals surface area contributed by atoms with Crippen molar-refractivity contribution in [3.05, 3.63) is 90.4 Å². The van der Waals surface area contributed by atoms with E-state index in [2.05, 4.69) is 5.10 Å². The second kappa shape index (κ2) is 7.50. The minimum atomic E-state index is -0.732. The Balaban J connectivity index is 1.47. The summed E-state index contributed by atoms with van der Waals surface area (Å²) >= 11 is 0. The summed E-state index contributed by atoms with van der Waals surface area (Å²) in [6, 6.07) is 21.8. The third kappa shape index (κ3) is 3.11. The van der Waals surface area contributed by atoms with Crippen LogP contribution in [0, 0.1) is 17.2 Å². The minimum absolute atomic E-state index is 0.0286. The maximum Gasteiger partial charge on any atom is 0.228 e. The number of nitrogens with zero attached hydrogens (tertiary/aromatic N) is 3. The number of fused-ring (bicyclic) bond motifs is 1. The summed E-state index contributed by atoms with van der Waals surface area (Å²) in [6.45, 7) is 2.05. The van der Waals surface area contributed by atoms with Crippen molar-refractivity contribution in [2.45, 2.75) is 31.7 Å². The zero-order valence-electron chi connectivity index (χ0n) is 19.3. The maximum absolute atomic E-state index is 13.6. The van der Waals surface area contributed by atoms with Gasteiger partial charge < -0.3 is 10.6 Å². The summed E-state index contributed by atoms with van der Waals surface area (Å²) in [5.41, 5.74) is 7.81. The van der Waals surface area contributed by atoms with Gasteiger partial charge in [-0.3, -0.25) is 9.59 Å². The number of benzene rings is 3. The highest BCUT2D eigenvalue weighted by atomic mass is 19.1. The van der Waals surface area contributed by atoms with Gasteiger partial charge in [-0.1, -0.05) is 30.3 Å². The van der Waals surface area contributed by atoms with Crippen molar-refractivity contribution in [3.8, 4) is 5.69 Å². The second-order valence-electron chi connectivity index (χ2n) is 9.80. The predicted molar refractivity (Wildman–Crippen MR) is 131 cm³/mol. The van der Waals surface area contributed by atoms with E-state index in [9.17, 15) is 14.0 Å². The Morgan fingerprint density at radius 3 is 2.37 bits per heavy atom. The van der Waals surface area contributed by atoms with Crippen molar-refractivity contribution in [1.82, 2.24) is 9.78 Å². The van der Waals surface area contributed by atoms with Gasteiger partial charge in [-0.2, -0.15) is 5.10 Å². The largest absolute Gasteiger partial charge is 0.369 e. The van der Waals surface area contributed by atoms with Gasteiger partial charge in [0.1, 0.15) is 5.82 Å². The quantitative estimate of drug-likeness (QED) is 0.461. The standard InChI is InChI=1S/C28H25FN4O2/c1-27(19-5-3-2-4-6-19)24(28(13-14-28)26(30)35)16-25(34)32(27)22-11-12-23-18(15-22)17-31-33(23)21-9-7-20(29)8-10-21/h2-12,15,17,24H,13-14,16H2,1H3,(H2,30,35). The first-order chi connectivity index (χ1) is 16.8. The maximum atomic E-state index is 13.6. The van der Waals surface area contributed by atoms with Crippen LogP contribution in [-0.4, -0.2) is 21.6 Å². The fourth-order valence-electron chi connectivity index (χ4n) is 5.98. The number of nitrogens with two attached hydrogens (primary N) is 1. The normalized spacial score (nSPS) is 23.1. The number of primary amides is 1. The van der Waals surface area contributed by atoms with Crippen molar-refractivity contribution in [1.29, 1.82) is 0 Å². The van der Waals surface area contributed by atoms with Crippen LogP contribution < -0.4 is 10.6 Å². The Morgan fingerprint density at radius 2 is 1.71 bits per heavy atom. The van der Waals surface area contributed by atoms with Crippen molar-refractivity contribution < 1.29 is 14.0 Å². The Morgan fingerprint density at radius 1 is 1.03 bits per heavy atom. The van der Waals surface area contributed by atoms with E-state index < -0.39 is 11.0 Å². The van der Waals surface area contributed by atoms with Crippen molar-refractivity contribution >= 4 is 28.4 Å². The highest BCUT2D eigenvalue weighted by Crippen LogP contribution is 2.63. The molecule has 6 nitrogen and oxygen atoms in total. The first-order valence-corrected chi connectivity index (χ1v) is 11.8. The summed E-state index contributed by atoms with van der Waals surface area (Å²) in [7, 11) is 0. The molecule has 0 radical (unpaired) electrons. The van der Waals surface area contributed by atoms with E-state index in [0.717, 1.165) is 27.8 Å². The lowest BCUT2D eigenvalue weighted by molar-refractivity contribution is -0.125. The molecule has 176 valence electrons. The van der Waals surface area contributed by atoms with E-state index >= 15 is 0 Å². The van der Waals surface area contributed by atoms with E-state index in [4.69, 9.17) is 5.73 Å². The number of hydrogen-bond donors (Lipinski definition) is 1. The zero-order valence-corrected chi connectivity index (χ0v) is 19.3. The first-order valence-electron chi connectivity index (χ1n) is 11.8. The Kier molecular flexibility index (Phi) is 4.61. The number of carbonyl (C=O) groups is 2. The Labute approximate surface area is 202 Å². The molecular formula is C28H25FN4O2. The molecule has 1 aliphatic carbocycles. The van der Waals surface area contributed by atoms with Gasteiger partial charge in [-0.05, 0) is 67.8 Å². The topological polar surface area (TPSA) is 81.2 Å². The fraction of sp³-hybridized carbons (Fsp3) is 0.250. The molecule has 4 aromatic rings. The third-order valence-corrected chi connectivity index (χ3v) is 7.96. The van der Waals surface area contributed by atoms with Crippen LogP contribution in [0.4, 0.5) is 10.1 Å². The average molecular weight is 469 g/mol. The molecule has 35 heavy (non-hydrogen) atoms. The van der Waals surface area contributed by atoms with Crippen LogP contribution in [0.25, 0.3) is 16.6 Å². The lowest BCUT2D eigenvalue weighted by Crippen LogP contribution is -2.49. The van der Waals surface area contributed by atoms with E-state index in [-0.39, 0.29) is 30.0 Å². The summed E-state index contributed by atoms with van der Waals surface area (Å²) in [5.74, 6) is -0.881. The van der Waals surface area contributed by atoms with E-state index in [1.54, 1.807) is 23.0 Å². The van der Waals surface area contributed by atoms with Crippen LogP contribution >= 0.6 is 0 Å². The highest BCUT2D eigenvalue weighted by Gasteiger charge is 2.66. The van der Waals surface area contributed by atoms with E-state index in [1.165, 1.54) is 12.1 Å². The van der Waals surface area contributed by atoms with Gasteiger partial charge in [0.05, 0.1) is 28.4 Å². The van der Waals surface area contributed by atoms with Gasteiger partial charge in [0, 0.05) is 23.4 Å². The van der Waals surface area contributed by atoms with Crippen LogP contribution in [0.2, 0.25) is 0 Å².